The molecule has 0 amide bonds. The van der Waals surface area contributed by atoms with Gasteiger partial charge in [0.05, 0.1) is 25.3 Å². The third-order valence-corrected chi connectivity index (χ3v) is 5.40. The van der Waals surface area contributed by atoms with Gasteiger partial charge in [0.15, 0.2) is 0 Å². The molecule has 118 valence electrons. The number of methoxy groups -OCH3 is 1. The maximum absolute atomic E-state index is 11.1. The normalized spacial score (nSPS) is 32.0. The van der Waals surface area contributed by atoms with E-state index in [4.69, 9.17) is 10.00 Å². The van der Waals surface area contributed by atoms with E-state index in [2.05, 4.69) is 23.1 Å². The average molecular weight is 300 g/mol. The fourth-order valence-corrected chi connectivity index (χ4v) is 4.25. The first-order chi connectivity index (χ1) is 10.7. The zero-order valence-corrected chi connectivity index (χ0v) is 13.2. The lowest BCUT2D eigenvalue weighted by atomic mass is 9.66. The maximum atomic E-state index is 11.1. The Morgan fingerprint density at radius 2 is 2.09 bits per heavy atom. The van der Waals surface area contributed by atoms with Crippen LogP contribution in [0.2, 0.25) is 0 Å². The molecule has 3 rings (SSSR count). The summed E-state index contributed by atoms with van der Waals surface area (Å²) in [7, 11) is 1.66. The second-order valence-electron chi connectivity index (χ2n) is 6.55. The SMILES string of the molecule is COc1ccc([C@H]2[C@@H]3CCCC[C@]3(O)CCN2CC#N)cc1. The second kappa shape index (κ2) is 6.28. The van der Waals surface area contributed by atoms with Crippen molar-refractivity contribution in [3.8, 4) is 11.8 Å². The molecule has 0 unspecified atom stereocenters. The summed E-state index contributed by atoms with van der Waals surface area (Å²) in [5, 5.41) is 20.2. The largest absolute Gasteiger partial charge is 0.497 e. The van der Waals surface area contributed by atoms with E-state index in [1.807, 2.05) is 12.1 Å². The highest BCUT2D eigenvalue weighted by atomic mass is 16.5. The van der Waals surface area contributed by atoms with Crippen LogP contribution in [0.25, 0.3) is 0 Å². The number of nitriles is 1. The zero-order valence-electron chi connectivity index (χ0n) is 13.2. The summed E-state index contributed by atoms with van der Waals surface area (Å²) in [6.07, 6.45) is 4.99. The Kier molecular flexibility index (Phi) is 4.37. The van der Waals surface area contributed by atoms with Gasteiger partial charge in [-0.3, -0.25) is 4.90 Å². The standard InChI is InChI=1S/C18H24N2O2/c1-22-15-7-5-14(6-8-15)17-16-4-2-3-9-18(16,21)10-12-20(17)13-11-19/h5-8,16-17,21H,2-4,9-10,12-13H2,1H3/t16-,17-,18-/m0/s1. The first-order valence-corrected chi connectivity index (χ1v) is 8.15. The number of benzene rings is 1. The number of hydrogen-bond donors (Lipinski definition) is 1. The number of fused-ring (bicyclic) bond motifs is 1. The van der Waals surface area contributed by atoms with Gasteiger partial charge in [-0.05, 0) is 37.0 Å². The van der Waals surface area contributed by atoms with Gasteiger partial charge >= 0.3 is 0 Å². The van der Waals surface area contributed by atoms with Gasteiger partial charge in [-0.1, -0.05) is 25.0 Å². The van der Waals surface area contributed by atoms with Crippen LogP contribution in [-0.4, -0.2) is 35.8 Å². The van der Waals surface area contributed by atoms with Crippen LogP contribution >= 0.6 is 0 Å². The summed E-state index contributed by atoms with van der Waals surface area (Å²) < 4.78 is 5.24. The number of likely N-dealkylation sites (tertiary alicyclic amines) is 1. The number of hydrogen-bond acceptors (Lipinski definition) is 4. The van der Waals surface area contributed by atoms with Crippen molar-refractivity contribution in [3.63, 3.8) is 0 Å². The fourth-order valence-electron chi connectivity index (χ4n) is 4.25. The first-order valence-electron chi connectivity index (χ1n) is 8.15. The van der Waals surface area contributed by atoms with E-state index < -0.39 is 5.60 Å². The Morgan fingerprint density at radius 1 is 1.32 bits per heavy atom. The lowest BCUT2D eigenvalue weighted by molar-refractivity contribution is -0.121. The van der Waals surface area contributed by atoms with Crippen LogP contribution < -0.4 is 4.74 Å². The van der Waals surface area contributed by atoms with Crippen molar-refractivity contribution < 1.29 is 9.84 Å². The molecule has 1 aliphatic heterocycles. The Balaban J connectivity index is 1.94. The molecule has 1 saturated carbocycles. The molecule has 3 atom stereocenters. The summed E-state index contributed by atoms with van der Waals surface area (Å²) in [6, 6.07) is 10.5. The number of aliphatic hydroxyl groups is 1. The van der Waals surface area contributed by atoms with Crippen molar-refractivity contribution >= 4 is 0 Å². The monoisotopic (exact) mass is 300 g/mol. The fraction of sp³-hybridized carbons (Fsp3) is 0.611. The van der Waals surface area contributed by atoms with Crippen LogP contribution in [0.3, 0.4) is 0 Å². The molecule has 1 aromatic carbocycles. The summed E-state index contributed by atoms with van der Waals surface area (Å²) >= 11 is 0. The van der Waals surface area contributed by atoms with Gasteiger partial charge in [-0.25, -0.2) is 0 Å². The van der Waals surface area contributed by atoms with E-state index in [0.29, 0.717) is 6.54 Å². The lowest BCUT2D eigenvalue weighted by Crippen LogP contribution is -2.54. The number of ether oxygens (including phenoxy) is 1. The van der Waals surface area contributed by atoms with E-state index >= 15 is 0 Å². The first kappa shape index (κ1) is 15.3. The Hall–Kier alpha value is -1.57. The lowest BCUT2D eigenvalue weighted by Gasteiger charge is -2.52. The minimum atomic E-state index is -0.561. The third kappa shape index (κ3) is 2.71. The third-order valence-electron chi connectivity index (χ3n) is 5.40. The second-order valence-corrected chi connectivity index (χ2v) is 6.55. The minimum absolute atomic E-state index is 0.129. The Morgan fingerprint density at radius 3 is 2.77 bits per heavy atom. The molecule has 1 N–H and O–H groups in total. The van der Waals surface area contributed by atoms with Gasteiger partial charge in [0.2, 0.25) is 0 Å². The summed E-state index contributed by atoms with van der Waals surface area (Å²) in [5.41, 5.74) is 0.621. The van der Waals surface area contributed by atoms with E-state index in [-0.39, 0.29) is 12.0 Å². The van der Waals surface area contributed by atoms with Crippen molar-refractivity contribution in [1.29, 1.82) is 5.26 Å². The number of nitrogens with zero attached hydrogens (tertiary/aromatic N) is 2. The van der Waals surface area contributed by atoms with Crippen molar-refractivity contribution in [2.75, 3.05) is 20.2 Å². The predicted molar refractivity (Wildman–Crippen MR) is 84.4 cm³/mol. The number of piperidine rings is 1. The zero-order chi connectivity index (χ0) is 15.6. The van der Waals surface area contributed by atoms with Gasteiger partial charge in [0.25, 0.3) is 0 Å². The molecule has 22 heavy (non-hydrogen) atoms. The molecule has 0 aromatic heterocycles. The van der Waals surface area contributed by atoms with Crippen molar-refractivity contribution in [2.45, 2.75) is 43.7 Å². The molecule has 0 spiro atoms. The quantitative estimate of drug-likeness (QED) is 0.872. The molecular formula is C18H24N2O2. The molecule has 2 aliphatic rings. The minimum Gasteiger partial charge on any atom is -0.497 e. The molecule has 2 fully saturated rings. The molecular weight excluding hydrogens is 276 g/mol. The van der Waals surface area contributed by atoms with Gasteiger partial charge in [-0.2, -0.15) is 5.26 Å². The van der Waals surface area contributed by atoms with Crippen LogP contribution in [0, 0.1) is 17.2 Å². The van der Waals surface area contributed by atoms with E-state index in [1.165, 1.54) is 12.0 Å². The summed E-state index contributed by atoms with van der Waals surface area (Å²) in [6.45, 7) is 1.21. The van der Waals surface area contributed by atoms with Gasteiger partial charge in [0.1, 0.15) is 5.75 Å². The predicted octanol–water partition coefficient (Wildman–Crippen LogP) is 2.89. The van der Waals surface area contributed by atoms with Crippen LogP contribution in [0.5, 0.6) is 5.75 Å². The van der Waals surface area contributed by atoms with Gasteiger partial charge in [0, 0.05) is 18.5 Å². The van der Waals surface area contributed by atoms with E-state index in [0.717, 1.165) is 38.0 Å². The highest BCUT2D eigenvalue weighted by Crippen LogP contribution is 2.49. The highest BCUT2D eigenvalue weighted by Gasteiger charge is 2.48. The molecule has 1 aromatic rings. The Labute approximate surface area is 132 Å². The van der Waals surface area contributed by atoms with Crippen LogP contribution in [0.1, 0.15) is 43.7 Å². The average Bonchev–Trinajstić information content (AvgIpc) is 2.55. The van der Waals surface area contributed by atoms with Crippen LogP contribution in [0.15, 0.2) is 24.3 Å². The Bertz CT molecular complexity index is 551. The summed E-state index contributed by atoms with van der Waals surface area (Å²) in [4.78, 5) is 2.23. The topological polar surface area (TPSA) is 56.5 Å². The molecule has 0 radical (unpaired) electrons. The van der Waals surface area contributed by atoms with E-state index in [1.54, 1.807) is 7.11 Å². The van der Waals surface area contributed by atoms with Crippen molar-refractivity contribution in [3.05, 3.63) is 29.8 Å². The molecule has 1 aliphatic carbocycles. The smallest absolute Gasteiger partial charge is 0.118 e. The van der Waals surface area contributed by atoms with Crippen LogP contribution in [0.4, 0.5) is 0 Å². The van der Waals surface area contributed by atoms with Crippen LogP contribution in [-0.2, 0) is 0 Å². The molecule has 4 heteroatoms. The van der Waals surface area contributed by atoms with Crippen molar-refractivity contribution in [2.24, 2.45) is 5.92 Å². The van der Waals surface area contributed by atoms with Gasteiger partial charge < -0.3 is 9.84 Å². The van der Waals surface area contributed by atoms with Gasteiger partial charge in [-0.15, -0.1) is 0 Å². The molecule has 1 heterocycles. The highest BCUT2D eigenvalue weighted by molar-refractivity contribution is 5.31. The maximum Gasteiger partial charge on any atom is 0.118 e. The van der Waals surface area contributed by atoms with Crippen molar-refractivity contribution in [1.82, 2.24) is 4.90 Å². The molecule has 1 saturated heterocycles. The molecule has 4 nitrogen and oxygen atoms in total. The molecule has 0 bridgehead atoms. The number of rotatable bonds is 3. The van der Waals surface area contributed by atoms with E-state index in [9.17, 15) is 5.11 Å². The summed E-state index contributed by atoms with van der Waals surface area (Å²) in [5.74, 6) is 1.06.